The Kier molecular flexibility index (Phi) is 6.67. The van der Waals surface area contributed by atoms with Crippen LogP contribution in [0.1, 0.15) is 29.0 Å². The number of rotatable bonds is 7. The molecule has 4 nitrogen and oxygen atoms in total. The van der Waals surface area contributed by atoms with E-state index in [1.165, 1.54) is 44.3 Å². The van der Waals surface area contributed by atoms with Crippen LogP contribution in [0.25, 0.3) is 0 Å². The molecule has 0 amide bonds. The van der Waals surface area contributed by atoms with E-state index in [1.54, 1.807) is 11.3 Å². The van der Waals surface area contributed by atoms with Crippen molar-refractivity contribution in [2.45, 2.75) is 32.2 Å². The molecule has 1 aliphatic heterocycles. The van der Waals surface area contributed by atoms with Gasteiger partial charge in [0.05, 0.1) is 13.5 Å². The molecular formula is C16H26N2O2S. The highest BCUT2D eigenvalue weighted by Crippen LogP contribution is 2.20. The number of hydrogen-bond acceptors (Lipinski definition) is 5. The minimum Gasteiger partial charge on any atom is -0.469 e. The quantitative estimate of drug-likeness (QED) is 0.620. The second-order valence-corrected chi connectivity index (χ2v) is 7.09. The van der Waals surface area contributed by atoms with E-state index in [2.05, 4.69) is 28.1 Å². The van der Waals surface area contributed by atoms with E-state index in [9.17, 15) is 4.79 Å². The Bertz CT molecular complexity index is 439. The van der Waals surface area contributed by atoms with Crippen molar-refractivity contribution in [3.63, 3.8) is 0 Å². The molecule has 1 aliphatic rings. The topological polar surface area (TPSA) is 41.6 Å². The minimum atomic E-state index is -0.168. The van der Waals surface area contributed by atoms with Crippen LogP contribution in [0, 0.1) is 5.92 Å². The Labute approximate surface area is 131 Å². The summed E-state index contributed by atoms with van der Waals surface area (Å²) in [5.74, 6) is 0.713. The van der Waals surface area contributed by atoms with Crippen LogP contribution in [0.5, 0.6) is 0 Å². The standard InChI is InChI=1S/C16H26N2O2S/c1-18-9-6-13(7-10-18)5-8-17-12-15-4-3-14(21-15)11-16(19)20-2/h3-4,13,17H,5-12H2,1-2H3. The molecule has 2 heterocycles. The van der Waals surface area contributed by atoms with E-state index in [0.717, 1.165) is 23.9 Å². The third-order valence-electron chi connectivity index (χ3n) is 4.13. The highest BCUT2D eigenvalue weighted by atomic mass is 32.1. The fourth-order valence-electron chi connectivity index (χ4n) is 2.70. The van der Waals surface area contributed by atoms with E-state index in [-0.39, 0.29) is 5.97 Å². The smallest absolute Gasteiger partial charge is 0.310 e. The monoisotopic (exact) mass is 310 g/mol. The Balaban J connectivity index is 1.61. The zero-order chi connectivity index (χ0) is 15.1. The molecule has 1 aromatic rings. The zero-order valence-corrected chi connectivity index (χ0v) is 13.9. The third kappa shape index (κ3) is 5.77. The molecule has 0 aromatic carbocycles. The van der Waals surface area contributed by atoms with Crippen molar-refractivity contribution in [3.05, 3.63) is 21.9 Å². The first-order valence-electron chi connectivity index (χ1n) is 7.71. The van der Waals surface area contributed by atoms with Gasteiger partial charge in [-0.05, 0) is 64.0 Å². The van der Waals surface area contributed by atoms with Crippen molar-refractivity contribution in [2.24, 2.45) is 5.92 Å². The first kappa shape index (κ1) is 16.5. The molecule has 1 saturated heterocycles. The summed E-state index contributed by atoms with van der Waals surface area (Å²) in [6.07, 6.45) is 4.33. The van der Waals surface area contributed by atoms with Gasteiger partial charge < -0.3 is 15.0 Å². The van der Waals surface area contributed by atoms with Crippen LogP contribution in [0.4, 0.5) is 0 Å². The molecule has 0 radical (unpaired) electrons. The summed E-state index contributed by atoms with van der Waals surface area (Å²) in [7, 11) is 3.64. The van der Waals surface area contributed by atoms with Gasteiger partial charge in [-0.2, -0.15) is 0 Å². The van der Waals surface area contributed by atoms with E-state index in [1.807, 2.05) is 6.07 Å². The van der Waals surface area contributed by atoms with Crippen LogP contribution in [-0.4, -0.2) is 44.7 Å². The van der Waals surface area contributed by atoms with Crippen LogP contribution in [0.2, 0.25) is 0 Å². The van der Waals surface area contributed by atoms with Crippen molar-refractivity contribution >= 4 is 17.3 Å². The van der Waals surface area contributed by atoms with Crippen LogP contribution in [0.3, 0.4) is 0 Å². The van der Waals surface area contributed by atoms with E-state index >= 15 is 0 Å². The van der Waals surface area contributed by atoms with Gasteiger partial charge in [0.2, 0.25) is 0 Å². The van der Waals surface area contributed by atoms with E-state index in [4.69, 9.17) is 0 Å². The second-order valence-electron chi connectivity index (χ2n) is 5.83. The number of piperidine rings is 1. The lowest BCUT2D eigenvalue weighted by Crippen LogP contribution is -2.31. The molecular weight excluding hydrogens is 284 g/mol. The lowest BCUT2D eigenvalue weighted by molar-refractivity contribution is -0.139. The third-order valence-corrected chi connectivity index (χ3v) is 5.22. The van der Waals surface area contributed by atoms with Crippen molar-refractivity contribution in [1.82, 2.24) is 10.2 Å². The number of thiophene rings is 1. The van der Waals surface area contributed by atoms with Gasteiger partial charge in [0.15, 0.2) is 0 Å². The molecule has 2 rings (SSSR count). The fourth-order valence-corrected chi connectivity index (χ4v) is 3.67. The highest BCUT2D eigenvalue weighted by Gasteiger charge is 2.15. The molecule has 21 heavy (non-hydrogen) atoms. The summed E-state index contributed by atoms with van der Waals surface area (Å²) in [5.41, 5.74) is 0. The van der Waals surface area contributed by atoms with Gasteiger partial charge in [-0.25, -0.2) is 0 Å². The molecule has 5 heteroatoms. The van der Waals surface area contributed by atoms with Crippen LogP contribution >= 0.6 is 11.3 Å². The normalized spacial score (nSPS) is 17.0. The predicted octanol–water partition coefficient (Wildman–Crippen LogP) is 2.29. The molecule has 0 spiro atoms. The second kappa shape index (κ2) is 8.51. The molecule has 0 unspecified atom stereocenters. The summed E-state index contributed by atoms with van der Waals surface area (Å²) in [6.45, 7) is 4.47. The molecule has 1 aromatic heterocycles. The highest BCUT2D eigenvalue weighted by molar-refractivity contribution is 7.12. The lowest BCUT2D eigenvalue weighted by atomic mass is 9.94. The first-order valence-corrected chi connectivity index (χ1v) is 8.52. The van der Waals surface area contributed by atoms with E-state index < -0.39 is 0 Å². The van der Waals surface area contributed by atoms with Gasteiger partial charge in [-0.15, -0.1) is 11.3 Å². The van der Waals surface area contributed by atoms with Gasteiger partial charge in [0.1, 0.15) is 0 Å². The average molecular weight is 310 g/mol. The first-order chi connectivity index (χ1) is 10.2. The van der Waals surface area contributed by atoms with Crippen molar-refractivity contribution in [1.29, 1.82) is 0 Å². The Hall–Kier alpha value is -0.910. The number of likely N-dealkylation sites (tertiary alicyclic amines) is 1. The number of nitrogens with one attached hydrogen (secondary N) is 1. The summed E-state index contributed by atoms with van der Waals surface area (Å²) in [6, 6.07) is 4.13. The van der Waals surface area contributed by atoms with Crippen LogP contribution in [-0.2, 0) is 22.5 Å². The number of carbonyl (C=O) groups is 1. The maximum absolute atomic E-state index is 11.2. The van der Waals surface area contributed by atoms with Gasteiger partial charge >= 0.3 is 5.97 Å². The largest absolute Gasteiger partial charge is 0.469 e. The average Bonchev–Trinajstić information content (AvgIpc) is 2.93. The molecule has 1 N–H and O–H groups in total. The zero-order valence-electron chi connectivity index (χ0n) is 13.1. The SMILES string of the molecule is COC(=O)Cc1ccc(CNCCC2CCN(C)CC2)s1. The number of ether oxygens (including phenoxy) is 1. The van der Waals surface area contributed by atoms with Gasteiger partial charge in [-0.1, -0.05) is 0 Å². The van der Waals surface area contributed by atoms with Crippen molar-refractivity contribution in [3.8, 4) is 0 Å². The Morgan fingerprint density at radius 1 is 1.38 bits per heavy atom. The maximum atomic E-state index is 11.2. The summed E-state index contributed by atoms with van der Waals surface area (Å²) < 4.78 is 4.69. The number of hydrogen-bond donors (Lipinski definition) is 1. The summed E-state index contributed by atoms with van der Waals surface area (Å²) in [5, 5.41) is 3.52. The van der Waals surface area contributed by atoms with E-state index in [0.29, 0.717) is 6.42 Å². The fraction of sp³-hybridized carbons (Fsp3) is 0.688. The van der Waals surface area contributed by atoms with Gasteiger partial charge in [0, 0.05) is 16.3 Å². The molecule has 0 saturated carbocycles. The van der Waals surface area contributed by atoms with Gasteiger partial charge in [-0.3, -0.25) is 4.79 Å². The molecule has 0 atom stereocenters. The molecule has 0 bridgehead atoms. The molecule has 1 fully saturated rings. The maximum Gasteiger partial charge on any atom is 0.310 e. The number of carbonyl (C=O) groups excluding carboxylic acids is 1. The molecule has 118 valence electrons. The van der Waals surface area contributed by atoms with Gasteiger partial charge in [0.25, 0.3) is 0 Å². The number of methoxy groups -OCH3 is 1. The number of esters is 1. The Morgan fingerprint density at radius 3 is 2.81 bits per heavy atom. The minimum absolute atomic E-state index is 0.168. The number of nitrogens with zero attached hydrogens (tertiary/aromatic N) is 1. The summed E-state index contributed by atoms with van der Waals surface area (Å²) >= 11 is 1.69. The lowest BCUT2D eigenvalue weighted by Gasteiger charge is -2.28. The van der Waals surface area contributed by atoms with Crippen molar-refractivity contribution in [2.75, 3.05) is 33.8 Å². The Morgan fingerprint density at radius 2 is 2.10 bits per heavy atom. The predicted molar refractivity (Wildman–Crippen MR) is 86.6 cm³/mol. The van der Waals surface area contributed by atoms with Crippen LogP contribution < -0.4 is 5.32 Å². The van der Waals surface area contributed by atoms with Crippen LogP contribution in [0.15, 0.2) is 12.1 Å². The van der Waals surface area contributed by atoms with Crippen molar-refractivity contribution < 1.29 is 9.53 Å². The summed E-state index contributed by atoms with van der Waals surface area (Å²) in [4.78, 5) is 16.0. The molecule has 0 aliphatic carbocycles.